The first-order chi connectivity index (χ1) is 6.24. The van der Waals surface area contributed by atoms with Crippen LogP contribution in [0, 0.1) is 0 Å². The van der Waals surface area contributed by atoms with Crippen molar-refractivity contribution in [1.29, 1.82) is 0 Å². The zero-order chi connectivity index (χ0) is 9.68. The van der Waals surface area contributed by atoms with Crippen molar-refractivity contribution in [3.63, 3.8) is 0 Å². The minimum absolute atomic E-state index is 0.313. The molecule has 5 heteroatoms. The first-order valence-electron chi connectivity index (χ1n) is 3.88. The lowest BCUT2D eigenvalue weighted by Crippen LogP contribution is -1.96. The summed E-state index contributed by atoms with van der Waals surface area (Å²) in [7, 11) is 0. The fourth-order valence-corrected chi connectivity index (χ4v) is 1.00. The number of nitrogens with two attached hydrogens (primary N) is 2. The molecule has 1 heterocycles. The lowest BCUT2D eigenvalue weighted by Gasteiger charge is -1.96. The summed E-state index contributed by atoms with van der Waals surface area (Å²) in [6.07, 6.45) is 5.93. The number of halogens is 1. The molecule has 4 N–H and O–H groups in total. The third-order valence-electron chi connectivity index (χ3n) is 1.38. The minimum Gasteiger partial charge on any atom is -0.382 e. The molecule has 0 aromatic carbocycles. The van der Waals surface area contributed by atoms with Gasteiger partial charge in [0.2, 0.25) is 0 Å². The quantitative estimate of drug-likeness (QED) is 0.762. The fourth-order valence-electron chi connectivity index (χ4n) is 0.791. The van der Waals surface area contributed by atoms with E-state index in [1.165, 1.54) is 6.20 Å². The van der Waals surface area contributed by atoms with Crippen LogP contribution in [0.3, 0.4) is 0 Å². The molecular formula is C8H11ClN4. The Kier molecular flexibility index (Phi) is 3.67. The summed E-state index contributed by atoms with van der Waals surface area (Å²) < 4.78 is 0. The van der Waals surface area contributed by atoms with Crippen molar-refractivity contribution in [2.75, 3.05) is 12.3 Å². The smallest absolute Gasteiger partial charge is 0.157 e. The second kappa shape index (κ2) is 4.79. The Bertz CT molecular complexity index is 311. The van der Waals surface area contributed by atoms with E-state index < -0.39 is 0 Å². The highest BCUT2D eigenvalue weighted by molar-refractivity contribution is 6.30. The second-order valence-corrected chi connectivity index (χ2v) is 2.81. The number of aromatic nitrogens is 2. The van der Waals surface area contributed by atoms with Gasteiger partial charge in [0, 0.05) is 0 Å². The largest absolute Gasteiger partial charge is 0.382 e. The summed E-state index contributed by atoms with van der Waals surface area (Å²) in [6, 6.07) is 0. The fraction of sp³-hybridized carbons (Fsp3) is 0.250. The van der Waals surface area contributed by atoms with E-state index in [-0.39, 0.29) is 0 Å². The monoisotopic (exact) mass is 198 g/mol. The van der Waals surface area contributed by atoms with E-state index in [1.54, 1.807) is 6.08 Å². The van der Waals surface area contributed by atoms with Gasteiger partial charge in [-0.05, 0) is 19.0 Å². The molecule has 0 aliphatic carbocycles. The molecule has 70 valence electrons. The van der Waals surface area contributed by atoms with Crippen LogP contribution in [-0.2, 0) is 0 Å². The van der Waals surface area contributed by atoms with E-state index in [0.29, 0.717) is 23.2 Å². The molecule has 0 atom stereocenters. The summed E-state index contributed by atoms with van der Waals surface area (Å²) in [5.74, 6) is 0.320. The maximum atomic E-state index is 5.77. The summed E-state index contributed by atoms with van der Waals surface area (Å²) >= 11 is 5.77. The Labute approximate surface area is 81.6 Å². The van der Waals surface area contributed by atoms with Gasteiger partial charge in [0.05, 0.1) is 6.20 Å². The molecule has 0 bridgehead atoms. The summed E-state index contributed by atoms with van der Waals surface area (Å²) in [5, 5.41) is 0.313. The molecule has 0 aliphatic rings. The van der Waals surface area contributed by atoms with Crippen LogP contribution < -0.4 is 11.5 Å². The zero-order valence-corrected chi connectivity index (χ0v) is 7.83. The molecule has 0 aliphatic heterocycles. The highest BCUT2D eigenvalue weighted by Gasteiger charge is 1.98. The molecule has 0 saturated carbocycles. The van der Waals surface area contributed by atoms with Crippen LogP contribution in [0.15, 0.2) is 12.3 Å². The summed E-state index contributed by atoms with van der Waals surface area (Å²) in [6.45, 7) is 0.608. The molecule has 1 rings (SSSR count). The van der Waals surface area contributed by atoms with Crippen molar-refractivity contribution >= 4 is 23.5 Å². The van der Waals surface area contributed by atoms with E-state index in [2.05, 4.69) is 9.97 Å². The standard InChI is InChI=1S/C8H11ClN4/c9-8-6(3-1-2-4-10)12-5-7(11)13-8/h1,3,5H,2,4,10H2,(H2,11,13). The number of nitrogens with zero attached hydrogens (tertiary/aromatic N) is 2. The first-order valence-corrected chi connectivity index (χ1v) is 4.26. The molecule has 0 amide bonds. The lowest BCUT2D eigenvalue weighted by molar-refractivity contribution is 1.01. The van der Waals surface area contributed by atoms with Gasteiger partial charge in [-0.15, -0.1) is 0 Å². The average Bonchev–Trinajstić information content (AvgIpc) is 2.09. The molecule has 13 heavy (non-hydrogen) atoms. The third kappa shape index (κ3) is 3.01. The molecule has 0 unspecified atom stereocenters. The van der Waals surface area contributed by atoms with Gasteiger partial charge in [0.1, 0.15) is 11.5 Å². The number of anilines is 1. The van der Waals surface area contributed by atoms with Crippen molar-refractivity contribution in [2.24, 2.45) is 5.73 Å². The molecular weight excluding hydrogens is 188 g/mol. The molecule has 0 radical (unpaired) electrons. The summed E-state index contributed by atoms with van der Waals surface area (Å²) in [4.78, 5) is 7.85. The van der Waals surface area contributed by atoms with Crippen molar-refractivity contribution in [2.45, 2.75) is 6.42 Å². The van der Waals surface area contributed by atoms with Crippen molar-refractivity contribution in [3.8, 4) is 0 Å². The SMILES string of the molecule is NCCC=Cc1ncc(N)nc1Cl. The Balaban J connectivity index is 2.77. The van der Waals surface area contributed by atoms with E-state index in [4.69, 9.17) is 23.1 Å². The number of hydrogen-bond donors (Lipinski definition) is 2. The third-order valence-corrected chi connectivity index (χ3v) is 1.66. The van der Waals surface area contributed by atoms with Gasteiger partial charge < -0.3 is 11.5 Å². The van der Waals surface area contributed by atoms with Gasteiger partial charge in [-0.3, -0.25) is 0 Å². The Morgan fingerprint density at radius 3 is 2.92 bits per heavy atom. The van der Waals surface area contributed by atoms with E-state index >= 15 is 0 Å². The normalized spacial score (nSPS) is 10.9. The minimum atomic E-state index is 0.313. The van der Waals surface area contributed by atoms with Gasteiger partial charge in [-0.2, -0.15) is 0 Å². The van der Waals surface area contributed by atoms with Crippen LogP contribution in [0.2, 0.25) is 5.15 Å². The number of hydrogen-bond acceptors (Lipinski definition) is 4. The van der Waals surface area contributed by atoms with Crippen molar-refractivity contribution < 1.29 is 0 Å². The van der Waals surface area contributed by atoms with Crippen LogP contribution in [0.5, 0.6) is 0 Å². The van der Waals surface area contributed by atoms with E-state index in [9.17, 15) is 0 Å². The molecule has 0 saturated heterocycles. The predicted molar refractivity (Wildman–Crippen MR) is 54.2 cm³/mol. The van der Waals surface area contributed by atoms with Gasteiger partial charge in [-0.25, -0.2) is 9.97 Å². The summed E-state index contributed by atoms with van der Waals surface area (Å²) in [5.41, 5.74) is 11.3. The lowest BCUT2D eigenvalue weighted by atomic mass is 10.3. The maximum Gasteiger partial charge on any atom is 0.157 e. The van der Waals surface area contributed by atoms with Crippen molar-refractivity contribution in [3.05, 3.63) is 23.1 Å². The van der Waals surface area contributed by atoms with Gasteiger partial charge in [-0.1, -0.05) is 17.7 Å². The molecule has 4 nitrogen and oxygen atoms in total. The van der Waals surface area contributed by atoms with Gasteiger partial charge in [0.15, 0.2) is 5.15 Å². The van der Waals surface area contributed by atoms with Crippen LogP contribution >= 0.6 is 11.6 Å². The first kappa shape index (κ1) is 9.95. The van der Waals surface area contributed by atoms with Gasteiger partial charge >= 0.3 is 0 Å². The topological polar surface area (TPSA) is 77.8 Å². The van der Waals surface area contributed by atoms with E-state index in [1.807, 2.05) is 6.08 Å². The predicted octanol–water partition coefficient (Wildman–Crippen LogP) is 1.07. The molecule has 1 aromatic heterocycles. The number of rotatable bonds is 3. The van der Waals surface area contributed by atoms with Gasteiger partial charge in [0.25, 0.3) is 0 Å². The maximum absolute atomic E-state index is 5.77. The highest BCUT2D eigenvalue weighted by Crippen LogP contribution is 2.13. The van der Waals surface area contributed by atoms with Crippen LogP contribution in [0.4, 0.5) is 5.82 Å². The average molecular weight is 199 g/mol. The van der Waals surface area contributed by atoms with Crippen LogP contribution in [0.25, 0.3) is 6.08 Å². The van der Waals surface area contributed by atoms with Crippen LogP contribution in [0.1, 0.15) is 12.1 Å². The Morgan fingerprint density at radius 1 is 1.54 bits per heavy atom. The highest BCUT2D eigenvalue weighted by atomic mass is 35.5. The Morgan fingerprint density at radius 2 is 2.31 bits per heavy atom. The molecule has 1 aromatic rings. The molecule has 0 spiro atoms. The second-order valence-electron chi connectivity index (χ2n) is 2.45. The van der Waals surface area contributed by atoms with Crippen molar-refractivity contribution in [1.82, 2.24) is 9.97 Å². The van der Waals surface area contributed by atoms with E-state index in [0.717, 1.165) is 6.42 Å². The number of nitrogen functional groups attached to an aromatic ring is 1. The van der Waals surface area contributed by atoms with Crippen LogP contribution in [-0.4, -0.2) is 16.5 Å². The zero-order valence-electron chi connectivity index (χ0n) is 7.07. The Hall–Kier alpha value is -1.13. The molecule has 0 fully saturated rings.